The zero-order valence-corrected chi connectivity index (χ0v) is 26.8. The van der Waals surface area contributed by atoms with Gasteiger partial charge in [0, 0.05) is 51.7 Å². The van der Waals surface area contributed by atoms with Crippen LogP contribution in [0.2, 0.25) is 0 Å². The first kappa shape index (κ1) is 26.2. The van der Waals surface area contributed by atoms with Gasteiger partial charge in [-0.15, -0.1) is 0 Å². The Labute approximate surface area is 280 Å². The molecule has 0 N–H and O–H groups in total. The van der Waals surface area contributed by atoms with Crippen molar-refractivity contribution in [2.75, 3.05) is 14.7 Å². The van der Waals surface area contributed by atoms with Crippen LogP contribution in [0.1, 0.15) is 0 Å². The highest BCUT2D eigenvalue weighted by Crippen LogP contribution is 2.64. The minimum atomic E-state index is -0.926. The average molecular weight is 630 g/mol. The topological polar surface area (TPSA) is 9.72 Å². The summed E-state index contributed by atoms with van der Waals surface area (Å²) in [5, 5.41) is 9.32. The van der Waals surface area contributed by atoms with Crippen LogP contribution < -0.4 is 30.6 Å². The molecule has 3 heterocycles. The van der Waals surface area contributed by atoms with E-state index in [4.69, 9.17) is 0 Å². The first-order chi connectivity index (χ1) is 23.9. The molecule has 224 valence electrons. The predicted octanol–water partition coefficient (Wildman–Crippen LogP) is 11.1. The van der Waals surface area contributed by atoms with E-state index in [1.165, 1.54) is 88.6 Å². The molecule has 0 saturated carbocycles. The van der Waals surface area contributed by atoms with Gasteiger partial charge in [0.15, 0.2) is 0 Å². The van der Waals surface area contributed by atoms with Gasteiger partial charge in [0.25, 0.3) is 0 Å². The summed E-state index contributed by atoms with van der Waals surface area (Å²) in [5.74, 6) is 0. The molecule has 48 heavy (non-hydrogen) atoms. The van der Waals surface area contributed by atoms with Gasteiger partial charge in [0.2, 0.25) is 0 Å². The SMILES string of the molecule is c1ccc(N2c3cc4ccccc4c4c3P3c5c(cccc5N(c5ccccc5)c5c3c2cc2ccccc52)N4c2ccccc2)cc1. The minimum absolute atomic E-state index is 0.926. The van der Waals surface area contributed by atoms with Crippen molar-refractivity contribution >= 4 is 96.6 Å². The summed E-state index contributed by atoms with van der Waals surface area (Å²) in [6.45, 7) is 0. The van der Waals surface area contributed by atoms with Crippen LogP contribution in [0.25, 0.3) is 21.5 Å². The van der Waals surface area contributed by atoms with E-state index < -0.39 is 7.92 Å². The van der Waals surface area contributed by atoms with Crippen LogP contribution in [0.15, 0.2) is 170 Å². The molecule has 0 amide bonds. The monoisotopic (exact) mass is 629 g/mol. The van der Waals surface area contributed by atoms with E-state index in [0.717, 1.165) is 0 Å². The summed E-state index contributed by atoms with van der Waals surface area (Å²) in [4.78, 5) is 7.63. The minimum Gasteiger partial charge on any atom is -0.309 e. The fourth-order valence-corrected chi connectivity index (χ4v) is 11.3. The molecule has 0 fully saturated rings. The standard InChI is InChI=1S/C44H28N3P/c1-4-17-31(18-5-1)45-38-27-29-15-10-12-23-34(29)40-43(38)48-42-36(46(40)32-19-6-2-7-20-32)25-14-26-37(42)47(33-21-8-3-9-22-33)41-35-24-13-11-16-30(35)28-39(45)44(41)48/h1-28H. The van der Waals surface area contributed by atoms with Crippen molar-refractivity contribution in [1.29, 1.82) is 0 Å². The lowest BCUT2D eigenvalue weighted by Gasteiger charge is -2.50. The number of fused-ring (bicyclic) bond motifs is 4. The maximum Gasteiger partial charge on any atom is 0.0644 e. The Morgan fingerprint density at radius 2 is 0.708 bits per heavy atom. The van der Waals surface area contributed by atoms with E-state index in [1.807, 2.05) is 0 Å². The third-order valence-corrected chi connectivity index (χ3v) is 12.8. The summed E-state index contributed by atoms with van der Waals surface area (Å²) < 4.78 is 0. The van der Waals surface area contributed by atoms with Gasteiger partial charge >= 0.3 is 0 Å². The van der Waals surface area contributed by atoms with E-state index in [-0.39, 0.29) is 0 Å². The molecular formula is C44H28N3P. The highest BCUT2D eigenvalue weighted by Gasteiger charge is 2.48. The zero-order valence-electron chi connectivity index (χ0n) is 26.0. The summed E-state index contributed by atoms with van der Waals surface area (Å²) in [5.41, 5.74) is 11.2. The van der Waals surface area contributed by atoms with Crippen LogP contribution in [0.5, 0.6) is 0 Å². The lowest BCUT2D eigenvalue weighted by Crippen LogP contribution is -2.45. The van der Waals surface area contributed by atoms with Crippen LogP contribution in [0, 0.1) is 0 Å². The Balaban J connectivity index is 1.39. The molecule has 3 nitrogen and oxygen atoms in total. The van der Waals surface area contributed by atoms with E-state index in [2.05, 4.69) is 185 Å². The molecular weight excluding hydrogens is 601 g/mol. The van der Waals surface area contributed by atoms with Crippen LogP contribution in [-0.2, 0) is 0 Å². The number of hydrogen-bond donors (Lipinski definition) is 0. The van der Waals surface area contributed by atoms with E-state index in [1.54, 1.807) is 0 Å². The number of hydrogen-bond acceptors (Lipinski definition) is 3. The quantitative estimate of drug-likeness (QED) is 0.180. The number of nitrogens with zero attached hydrogens (tertiary/aromatic N) is 3. The van der Waals surface area contributed by atoms with Gasteiger partial charge in [-0.1, -0.05) is 109 Å². The van der Waals surface area contributed by atoms with Gasteiger partial charge in [-0.05, 0) is 71.4 Å². The zero-order chi connectivity index (χ0) is 31.3. The van der Waals surface area contributed by atoms with Crippen LogP contribution in [0.3, 0.4) is 0 Å². The molecule has 4 heteroatoms. The molecule has 3 aliphatic rings. The Hall–Kier alpha value is -5.89. The summed E-state index contributed by atoms with van der Waals surface area (Å²) in [6, 6.07) is 62.6. The number of para-hydroxylation sites is 3. The molecule has 0 unspecified atom stereocenters. The molecule has 11 rings (SSSR count). The van der Waals surface area contributed by atoms with Crippen LogP contribution in [-0.4, -0.2) is 0 Å². The van der Waals surface area contributed by atoms with E-state index in [9.17, 15) is 0 Å². The van der Waals surface area contributed by atoms with Crippen molar-refractivity contribution in [3.8, 4) is 0 Å². The van der Waals surface area contributed by atoms with Gasteiger partial charge in [-0.25, -0.2) is 0 Å². The van der Waals surface area contributed by atoms with Gasteiger partial charge in [0.1, 0.15) is 0 Å². The molecule has 0 radical (unpaired) electrons. The van der Waals surface area contributed by atoms with Crippen molar-refractivity contribution in [3.63, 3.8) is 0 Å². The number of benzene rings is 8. The van der Waals surface area contributed by atoms with Crippen molar-refractivity contribution in [3.05, 3.63) is 170 Å². The lowest BCUT2D eigenvalue weighted by atomic mass is 9.99. The highest BCUT2D eigenvalue weighted by molar-refractivity contribution is 7.82. The number of anilines is 9. The second-order valence-corrected chi connectivity index (χ2v) is 14.6. The molecule has 8 aromatic rings. The van der Waals surface area contributed by atoms with Gasteiger partial charge < -0.3 is 14.7 Å². The molecule has 8 aromatic carbocycles. The van der Waals surface area contributed by atoms with Crippen LogP contribution in [0.4, 0.5) is 51.2 Å². The van der Waals surface area contributed by atoms with Crippen LogP contribution >= 0.6 is 7.92 Å². The Morgan fingerprint density at radius 1 is 0.312 bits per heavy atom. The number of rotatable bonds is 3. The van der Waals surface area contributed by atoms with Crippen molar-refractivity contribution < 1.29 is 0 Å². The van der Waals surface area contributed by atoms with E-state index >= 15 is 0 Å². The maximum atomic E-state index is 2.54. The van der Waals surface area contributed by atoms with Gasteiger partial charge in [0.05, 0.1) is 34.1 Å². The summed E-state index contributed by atoms with van der Waals surface area (Å²) in [7, 11) is -0.926. The second-order valence-electron chi connectivity index (χ2n) is 12.6. The second kappa shape index (κ2) is 9.81. The Kier molecular flexibility index (Phi) is 5.36. The average Bonchev–Trinajstić information content (AvgIpc) is 3.16. The van der Waals surface area contributed by atoms with Gasteiger partial charge in [-0.2, -0.15) is 0 Å². The smallest absolute Gasteiger partial charge is 0.0644 e. The maximum absolute atomic E-state index is 2.54. The molecule has 0 spiro atoms. The van der Waals surface area contributed by atoms with Gasteiger partial charge in [-0.3, -0.25) is 0 Å². The molecule has 0 aromatic heterocycles. The highest BCUT2D eigenvalue weighted by atomic mass is 31.1. The lowest BCUT2D eigenvalue weighted by molar-refractivity contribution is 1.24. The van der Waals surface area contributed by atoms with Crippen molar-refractivity contribution in [2.45, 2.75) is 0 Å². The first-order valence-corrected chi connectivity index (χ1v) is 17.8. The van der Waals surface area contributed by atoms with Crippen molar-refractivity contribution in [1.82, 2.24) is 0 Å². The summed E-state index contributed by atoms with van der Waals surface area (Å²) in [6.07, 6.45) is 0. The Bertz CT molecular complexity index is 2430. The molecule has 0 atom stereocenters. The van der Waals surface area contributed by atoms with E-state index in [0.29, 0.717) is 0 Å². The largest absolute Gasteiger partial charge is 0.309 e. The fourth-order valence-electron chi connectivity index (χ4n) is 8.20. The Morgan fingerprint density at radius 3 is 1.17 bits per heavy atom. The third-order valence-electron chi connectivity index (χ3n) is 10.1. The molecule has 0 bridgehead atoms. The molecule has 0 aliphatic carbocycles. The summed E-state index contributed by atoms with van der Waals surface area (Å²) >= 11 is 0. The molecule has 3 aliphatic heterocycles. The third kappa shape index (κ3) is 3.41. The first-order valence-electron chi connectivity index (χ1n) is 16.5. The predicted molar refractivity (Wildman–Crippen MR) is 205 cm³/mol. The fraction of sp³-hybridized carbons (Fsp3) is 0. The normalized spacial score (nSPS) is 14.0. The van der Waals surface area contributed by atoms with Crippen molar-refractivity contribution in [2.24, 2.45) is 0 Å². The molecule has 0 saturated heterocycles.